The molecule has 1 saturated heterocycles. The van der Waals surface area contributed by atoms with E-state index in [0.29, 0.717) is 43.4 Å². The van der Waals surface area contributed by atoms with Gasteiger partial charge in [0, 0.05) is 41.9 Å². The SMILES string of the molecule is Nc1ccc2oc(N3CCN(C(=O)c4ccc(Br)cc4)CC3)nc2c1. The highest BCUT2D eigenvalue weighted by molar-refractivity contribution is 9.10. The predicted octanol–water partition coefficient (Wildman–Crippen LogP) is 3.13. The molecule has 2 aromatic carbocycles. The quantitative estimate of drug-likeness (QED) is 0.668. The number of hydrogen-bond acceptors (Lipinski definition) is 5. The number of rotatable bonds is 2. The van der Waals surface area contributed by atoms with E-state index in [-0.39, 0.29) is 5.91 Å². The number of carbonyl (C=O) groups excluding carboxylic acids is 1. The van der Waals surface area contributed by atoms with Gasteiger partial charge in [-0.25, -0.2) is 0 Å². The van der Waals surface area contributed by atoms with E-state index in [4.69, 9.17) is 10.2 Å². The number of amides is 1. The van der Waals surface area contributed by atoms with Crippen LogP contribution in [0.15, 0.2) is 51.4 Å². The van der Waals surface area contributed by atoms with Crippen LogP contribution in [0.25, 0.3) is 11.1 Å². The van der Waals surface area contributed by atoms with Crippen molar-refractivity contribution in [1.29, 1.82) is 0 Å². The summed E-state index contributed by atoms with van der Waals surface area (Å²) in [6.07, 6.45) is 0. The summed E-state index contributed by atoms with van der Waals surface area (Å²) in [7, 11) is 0. The highest BCUT2D eigenvalue weighted by Crippen LogP contribution is 2.24. The lowest BCUT2D eigenvalue weighted by Gasteiger charge is -2.33. The minimum atomic E-state index is 0.0532. The van der Waals surface area contributed by atoms with Crippen molar-refractivity contribution >= 4 is 44.6 Å². The molecule has 0 unspecified atom stereocenters. The van der Waals surface area contributed by atoms with Crippen LogP contribution >= 0.6 is 15.9 Å². The van der Waals surface area contributed by atoms with Crippen molar-refractivity contribution in [2.24, 2.45) is 0 Å². The molecule has 3 aromatic rings. The second kappa shape index (κ2) is 6.40. The molecule has 7 heteroatoms. The Hall–Kier alpha value is -2.54. The standard InChI is InChI=1S/C18H17BrN4O2/c19-13-3-1-12(2-4-13)17(24)22-7-9-23(10-8-22)18-21-15-11-14(20)5-6-16(15)25-18/h1-6,11H,7-10,20H2. The number of nitrogens with zero attached hydrogens (tertiary/aromatic N) is 3. The predicted molar refractivity (Wildman–Crippen MR) is 101 cm³/mol. The van der Waals surface area contributed by atoms with Gasteiger partial charge in [0.1, 0.15) is 5.52 Å². The lowest BCUT2D eigenvalue weighted by molar-refractivity contribution is 0.0745. The lowest BCUT2D eigenvalue weighted by atomic mass is 10.2. The Morgan fingerprint density at radius 1 is 1.08 bits per heavy atom. The van der Waals surface area contributed by atoms with Crippen LogP contribution in [0.2, 0.25) is 0 Å². The van der Waals surface area contributed by atoms with Gasteiger partial charge in [0.15, 0.2) is 5.58 Å². The van der Waals surface area contributed by atoms with Crippen LogP contribution in [0.5, 0.6) is 0 Å². The van der Waals surface area contributed by atoms with Crippen LogP contribution in [-0.2, 0) is 0 Å². The number of aromatic nitrogens is 1. The number of carbonyl (C=O) groups is 1. The first-order chi connectivity index (χ1) is 12.1. The third-order valence-electron chi connectivity index (χ3n) is 4.33. The van der Waals surface area contributed by atoms with Gasteiger partial charge in [0.2, 0.25) is 0 Å². The Morgan fingerprint density at radius 2 is 1.80 bits per heavy atom. The highest BCUT2D eigenvalue weighted by atomic mass is 79.9. The van der Waals surface area contributed by atoms with Crippen LogP contribution in [0.4, 0.5) is 11.7 Å². The summed E-state index contributed by atoms with van der Waals surface area (Å²) < 4.78 is 6.77. The Balaban J connectivity index is 1.45. The molecule has 1 aliphatic rings. The maximum absolute atomic E-state index is 12.6. The van der Waals surface area contributed by atoms with Gasteiger partial charge in [-0.1, -0.05) is 15.9 Å². The van der Waals surface area contributed by atoms with Gasteiger partial charge in [-0.05, 0) is 42.5 Å². The van der Waals surface area contributed by atoms with Gasteiger partial charge in [-0.15, -0.1) is 0 Å². The first-order valence-electron chi connectivity index (χ1n) is 8.06. The van der Waals surface area contributed by atoms with Gasteiger partial charge in [0.05, 0.1) is 0 Å². The van der Waals surface area contributed by atoms with E-state index in [9.17, 15) is 4.79 Å². The number of piperazine rings is 1. The Labute approximate surface area is 153 Å². The van der Waals surface area contributed by atoms with Crippen molar-refractivity contribution in [3.63, 3.8) is 0 Å². The van der Waals surface area contributed by atoms with Gasteiger partial charge < -0.3 is 20.0 Å². The molecular weight excluding hydrogens is 384 g/mol. The topological polar surface area (TPSA) is 75.6 Å². The molecule has 25 heavy (non-hydrogen) atoms. The first-order valence-corrected chi connectivity index (χ1v) is 8.85. The summed E-state index contributed by atoms with van der Waals surface area (Å²) in [5.41, 5.74) is 8.63. The minimum Gasteiger partial charge on any atom is -0.423 e. The molecule has 1 fully saturated rings. The van der Waals surface area contributed by atoms with E-state index in [2.05, 4.69) is 25.8 Å². The van der Waals surface area contributed by atoms with Crippen molar-refractivity contribution in [3.8, 4) is 0 Å². The molecule has 0 bridgehead atoms. The number of nitrogens with two attached hydrogens (primary N) is 1. The number of oxazole rings is 1. The number of halogens is 1. The van der Waals surface area contributed by atoms with E-state index in [0.717, 1.165) is 15.6 Å². The monoisotopic (exact) mass is 400 g/mol. The zero-order chi connectivity index (χ0) is 17.4. The van der Waals surface area contributed by atoms with Crippen LogP contribution in [0, 0.1) is 0 Å². The summed E-state index contributed by atoms with van der Waals surface area (Å²) in [6, 6.07) is 13.4. The molecular formula is C18H17BrN4O2. The van der Waals surface area contributed by atoms with Crippen LogP contribution in [0.1, 0.15) is 10.4 Å². The molecule has 1 amide bonds. The molecule has 6 nitrogen and oxygen atoms in total. The van der Waals surface area contributed by atoms with E-state index in [1.54, 1.807) is 12.1 Å². The second-order valence-electron chi connectivity index (χ2n) is 6.01. The largest absolute Gasteiger partial charge is 0.423 e. The molecule has 0 aliphatic carbocycles. The van der Waals surface area contributed by atoms with Crippen molar-refractivity contribution in [2.45, 2.75) is 0 Å². The lowest BCUT2D eigenvalue weighted by Crippen LogP contribution is -2.48. The van der Waals surface area contributed by atoms with E-state index >= 15 is 0 Å². The van der Waals surface area contributed by atoms with Crippen LogP contribution in [-0.4, -0.2) is 42.0 Å². The molecule has 2 N–H and O–H groups in total. The van der Waals surface area contributed by atoms with Crippen molar-refractivity contribution < 1.29 is 9.21 Å². The number of nitrogen functional groups attached to an aromatic ring is 1. The molecule has 1 aliphatic heterocycles. The maximum Gasteiger partial charge on any atom is 0.298 e. The third-order valence-corrected chi connectivity index (χ3v) is 4.86. The van der Waals surface area contributed by atoms with Crippen molar-refractivity contribution in [1.82, 2.24) is 9.88 Å². The number of fused-ring (bicyclic) bond motifs is 1. The normalized spacial score (nSPS) is 14.9. The van der Waals surface area contributed by atoms with Crippen molar-refractivity contribution in [3.05, 3.63) is 52.5 Å². The summed E-state index contributed by atoms with van der Waals surface area (Å²) >= 11 is 3.39. The first kappa shape index (κ1) is 16.0. The van der Waals surface area contributed by atoms with E-state index in [1.807, 2.05) is 35.2 Å². The minimum absolute atomic E-state index is 0.0532. The molecule has 0 atom stereocenters. The molecule has 128 valence electrons. The molecule has 0 radical (unpaired) electrons. The van der Waals surface area contributed by atoms with Gasteiger partial charge >= 0.3 is 0 Å². The number of hydrogen-bond donors (Lipinski definition) is 1. The van der Waals surface area contributed by atoms with E-state index in [1.165, 1.54) is 0 Å². The summed E-state index contributed by atoms with van der Waals surface area (Å²) in [4.78, 5) is 21.0. The molecule has 1 aromatic heterocycles. The van der Waals surface area contributed by atoms with Crippen molar-refractivity contribution in [2.75, 3.05) is 36.8 Å². The fourth-order valence-electron chi connectivity index (χ4n) is 2.94. The summed E-state index contributed by atoms with van der Waals surface area (Å²) in [6.45, 7) is 2.64. The third kappa shape index (κ3) is 3.19. The maximum atomic E-state index is 12.6. The van der Waals surface area contributed by atoms with Gasteiger partial charge in [-0.3, -0.25) is 4.79 Å². The molecule has 0 spiro atoms. The fourth-order valence-corrected chi connectivity index (χ4v) is 3.21. The van der Waals surface area contributed by atoms with Crippen LogP contribution < -0.4 is 10.6 Å². The summed E-state index contributed by atoms with van der Waals surface area (Å²) in [5, 5.41) is 0. The summed E-state index contributed by atoms with van der Waals surface area (Å²) in [5.74, 6) is 0.0532. The average Bonchev–Trinajstić information content (AvgIpc) is 3.05. The van der Waals surface area contributed by atoms with Gasteiger partial charge in [-0.2, -0.15) is 4.98 Å². The molecule has 4 rings (SSSR count). The van der Waals surface area contributed by atoms with Gasteiger partial charge in [0.25, 0.3) is 11.9 Å². The smallest absolute Gasteiger partial charge is 0.298 e. The Bertz CT molecular complexity index is 914. The Morgan fingerprint density at radius 3 is 2.52 bits per heavy atom. The molecule has 2 heterocycles. The van der Waals surface area contributed by atoms with E-state index < -0.39 is 0 Å². The number of anilines is 2. The Kier molecular flexibility index (Phi) is 4.09. The highest BCUT2D eigenvalue weighted by Gasteiger charge is 2.24. The second-order valence-corrected chi connectivity index (χ2v) is 6.93. The van der Waals surface area contributed by atoms with Crippen LogP contribution in [0.3, 0.4) is 0 Å². The zero-order valence-corrected chi connectivity index (χ0v) is 15.1. The average molecular weight is 401 g/mol. The zero-order valence-electron chi connectivity index (χ0n) is 13.5. The fraction of sp³-hybridized carbons (Fsp3) is 0.222. The molecule has 0 saturated carbocycles. The number of benzene rings is 2.